The minimum Gasteiger partial charge on any atom is -0.311 e. The first-order chi connectivity index (χ1) is 9.06. The highest BCUT2D eigenvalue weighted by molar-refractivity contribution is 9.10. The van der Waals surface area contributed by atoms with Crippen molar-refractivity contribution in [2.75, 3.05) is 5.32 Å². The number of carbonyl (C=O) groups is 1. The van der Waals surface area contributed by atoms with Gasteiger partial charge in [-0.15, -0.1) is 0 Å². The molecule has 2 aromatic rings. The zero-order valence-electron chi connectivity index (χ0n) is 10.9. The van der Waals surface area contributed by atoms with Gasteiger partial charge in [-0.3, -0.25) is 4.79 Å². The molecule has 4 nitrogen and oxygen atoms in total. The molecule has 0 bridgehead atoms. The van der Waals surface area contributed by atoms with E-state index in [9.17, 15) is 4.79 Å². The number of nitrogens with zero attached hydrogens (tertiary/aromatic N) is 2. The minimum atomic E-state index is -0.0373. The smallest absolute Gasteiger partial charge is 0.229 e. The van der Waals surface area contributed by atoms with E-state index in [0.29, 0.717) is 6.42 Å². The molecule has 0 radical (unpaired) electrons. The van der Waals surface area contributed by atoms with Crippen LogP contribution in [0.4, 0.5) is 5.82 Å². The second-order valence-corrected chi connectivity index (χ2v) is 5.52. The standard InChI is InChI=1S/C14H16BrN3O/c1-10(2)18-13(7-8-16-18)17-14(19)9-11-3-5-12(15)6-4-11/h3-8,10H,9H2,1-2H3,(H,17,19). The van der Waals surface area contributed by atoms with E-state index in [0.717, 1.165) is 15.9 Å². The molecule has 1 N–H and O–H groups in total. The summed E-state index contributed by atoms with van der Waals surface area (Å²) in [6.07, 6.45) is 2.05. The lowest BCUT2D eigenvalue weighted by Crippen LogP contribution is -2.18. The molecule has 0 aliphatic carbocycles. The number of benzene rings is 1. The van der Waals surface area contributed by atoms with Crippen LogP contribution in [0.1, 0.15) is 25.5 Å². The molecular formula is C14H16BrN3O. The molecular weight excluding hydrogens is 306 g/mol. The Kier molecular flexibility index (Phi) is 4.37. The zero-order chi connectivity index (χ0) is 13.8. The van der Waals surface area contributed by atoms with Gasteiger partial charge in [0.1, 0.15) is 5.82 Å². The average Bonchev–Trinajstić information content (AvgIpc) is 2.80. The molecule has 100 valence electrons. The maximum Gasteiger partial charge on any atom is 0.229 e. The highest BCUT2D eigenvalue weighted by Gasteiger charge is 2.09. The lowest BCUT2D eigenvalue weighted by molar-refractivity contribution is -0.115. The van der Waals surface area contributed by atoms with Crippen molar-refractivity contribution in [3.05, 3.63) is 46.6 Å². The van der Waals surface area contributed by atoms with Gasteiger partial charge in [-0.1, -0.05) is 28.1 Å². The van der Waals surface area contributed by atoms with Gasteiger partial charge < -0.3 is 5.32 Å². The zero-order valence-corrected chi connectivity index (χ0v) is 12.5. The Morgan fingerprint density at radius 2 is 2.00 bits per heavy atom. The Bertz CT molecular complexity index is 560. The highest BCUT2D eigenvalue weighted by Crippen LogP contribution is 2.14. The number of hydrogen-bond donors (Lipinski definition) is 1. The predicted octanol–water partition coefficient (Wildman–Crippen LogP) is 3.41. The molecule has 1 heterocycles. The summed E-state index contributed by atoms with van der Waals surface area (Å²) < 4.78 is 2.80. The van der Waals surface area contributed by atoms with Gasteiger partial charge in [-0.2, -0.15) is 5.10 Å². The van der Waals surface area contributed by atoms with E-state index in [-0.39, 0.29) is 11.9 Å². The lowest BCUT2D eigenvalue weighted by atomic mass is 10.1. The van der Waals surface area contributed by atoms with Crippen molar-refractivity contribution in [2.24, 2.45) is 0 Å². The molecule has 0 spiro atoms. The maximum absolute atomic E-state index is 12.0. The SMILES string of the molecule is CC(C)n1nccc1NC(=O)Cc1ccc(Br)cc1. The van der Waals surface area contributed by atoms with E-state index in [1.54, 1.807) is 16.9 Å². The predicted molar refractivity (Wildman–Crippen MR) is 79.1 cm³/mol. The topological polar surface area (TPSA) is 46.9 Å². The third kappa shape index (κ3) is 3.67. The van der Waals surface area contributed by atoms with E-state index in [2.05, 4.69) is 26.3 Å². The Morgan fingerprint density at radius 1 is 1.32 bits per heavy atom. The molecule has 0 unspecified atom stereocenters. The van der Waals surface area contributed by atoms with E-state index < -0.39 is 0 Å². The van der Waals surface area contributed by atoms with Gasteiger partial charge in [0.05, 0.1) is 12.6 Å². The van der Waals surface area contributed by atoms with Crippen LogP contribution >= 0.6 is 15.9 Å². The van der Waals surface area contributed by atoms with Crippen LogP contribution in [0.3, 0.4) is 0 Å². The van der Waals surface area contributed by atoms with Crippen molar-refractivity contribution in [1.82, 2.24) is 9.78 Å². The first-order valence-electron chi connectivity index (χ1n) is 6.14. The van der Waals surface area contributed by atoms with Gasteiger partial charge in [0, 0.05) is 16.6 Å². The van der Waals surface area contributed by atoms with Crippen LogP contribution in [0, 0.1) is 0 Å². The van der Waals surface area contributed by atoms with Gasteiger partial charge in [0.25, 0.3) is 0 Å². The van der Waals surface area contributed by atoms with Crippen LogP contribution in [0.15, 0.2) is 41.0 Å². The van der Waals surface area contributed by atoms with Gasteiger partial charge in [-0.05, 0) is 31.5 Å². The number of nitrogens with one attached hydrogen (secondary N) is 1. The molecule has 2 rings (SSSR count). The molecule has 0 atom stereocenters. The van der Waals surface area contributed by atoms with E-state index >= 15 is 0 Å². The van der Waals surface area contributed by atoms with Crippen molar-refractivity contribution in [3.63, 3.8) is 0 Å². The lowest BCUT2D eigenvalue weighted by Gasteiger charge is -2.11. The summed E-state index contributed by atoms with van der Waals surface area (Å²) in [5, 5.41) is 7.07. The van der Waals surface area contributed by atoms with Crippen molar-refractivity contribution >= 4 is 27.7 Å². The Morgan fingerprint density at radius 3 is 2.63 bits per heavy atom. The highest BCUT2D eigenvalue weighted by atomic mass is 79.9. The molecule has 0 aliphatic rings. The Balaban J connectivity index is 2.01. The van der Waals surface area contributed by atoms with E-state index in [1.807, 2.05) is 38.1 Å². The van der Waals surface area contributed by atoms with Gasteiger partial charge in [-0.25, -0.2) is 4.68 Å². The number of halogens is 1. The number of amides is 1. The monoisotopic (exact) mass is 321 g/mol. The maximum atomic E-state index is 12.0. The third-order valence-electron chi connectivity index (χ3n) is 2.70. The molecule has 0 saturated heterocycles. The first kappa shape index (κ1) is 13.8. The largest absolute Gasteiger partial charge is 0.311 e. The second-order valence-electron chi connectivity index (χ2n) is 4.61. The van der Waals surface area contributed by atoms with Crippen molar-refractivity contribution in [2.45, 2.75) is 26.3 Å². The van der Waals surface area contributed by atoms with Crippen LogP contribution in [0.25, 0.3) is 0 Å². The fourth-order valence-electron chi connectivity index (χ4n) is 1.80. The van der Waals surface area contributed by atoms with Crippen LogP contribution in [-0.4, -0.2) is 15.7 Å². The van der Waals surface area contributed by atoms with Crippen molar-refractivity contribution in [1.29, 1.82) is 0 Å². The summed E-state index contributed by atoms with van der Waals surface area (Å²) in [6.45, 7) is 4.05. The average molecular weight is 322 g/mol. The summed E-state index contributed by atoms with van der Waals surface area (Å²) in [6, 6.07) is 9.76. The molecule has 1 aromatic heterocycles. The number of carbonyl (C=O) groups excluding carboxylic acids is 1. The Hall–Kier alpha value is -1.62. The summed E-state index contributed by atoms with van der Waals surface area (Å²) in [5.74, 6) is 0.696. The Labute approximate surface area is 120 Å². The van der Waals surface area contributed by atoms with Crippen LogP contribution < -0.4 is 5.32 Å². The van der Waals surface area contributed by atoms with E-state index in [4.69, 9.17) is 0 Å². The number of anilines is 1. The van der Waals surface area contributed by atoms with Crippen molar-refractivity contribution < 1.29 is 4.79 Å². The number of hydrogen-bond acceptors (Lipinski definition) is 2. The van der Waals surface area contributed by atoms with E-state index in [1.165, 1.54) is 0 Å². The minimum absolute atomic E-state index is 0.0373. The molecule has 0 fully saturated rings. The van der Waals surface area contributed by atoms with Crippen molar-refractivity contribution in [3.8, 4) is 0 Å². The molecule has 5 heteroatoms. The van der Waals surface area contributed by atoms with Gasteiger partial charge in [0.15, 0.2) is 0 Å². The quantitative estimate of drug-likeness (QED) is 0.938. The third-order valence-corrected chi connectivity index (χ3v) is 3.23. The fourth-order valence-corrected chi connectivity index (χ4v) is 2.06. The normalized spacial score (nSPS) is 10.7. The first-order valence-corrected chi connectivity index (χ1v) is 6.93. The number of aromatic nitrogens is 2. The number of rotatable bonds is 4. The summed E-state index contributed by atoms with van der Waals surface area (Å²) in [5.41, 5.74) is 0.983. The van der Waals surface area contributed by atoms with Crippen LogP contribution in [0.2, 0.25) is 0 Å². The second kappa shape index (κ2) is 6.02. The van der Waals surface area contributed by atoms with Crippen LogP contribution in [-0.2, 0) is 11.2 Å². The summed E-state index contributed by atoms with van der Waals surface area (Å²) >= 11 is 3.37. The van der Waals surface area contributed by atoms with Gasteiger partial charge in [0.2, 0.25) is 5.91 Å². The summed E-state index contributed by atoms with van der Waals surface area (Å²) in [7, 11) is 0. The van der Waals surface area contributed by atoms with Crippen LogP contribution in [0.5, 0.6) is 0 Å². The molecule has 1 aromatic carbocycles. The van der Waals surface area contributed by atoms with Gasteiger partial charge >= 0.3 is 0 Å². The molecule has 0 aliphatic heterocycles. The summed E-state index contributed by atoms with van der Waals surface area (Å²) in [4.78, 5) is 12.0. The molecule has 1 amide bonds. The molecule has 19 heavy (non-hydrogen) atoms. The fraction of sp³-hybridized carbons (Fsp3) is 0.286. The molecule has 0 saturated carbocycles.